The number of nitriles is 1. The van der Waals surface area contributed by atoms with Crippen molar-refractivity contribution < 1.29 is 4.79 Å². The maximum absolute atomic E-state index is 12.8. The number of nitrogens with two attached hydrogens (primary N) is 1. The van der Waals surface area contributed by atoms with E-state index in [2.05, 4.69) is 30.8 Å². The van der Waals surface area contributed by atoms with Gasteiger partial charge < -0.3 is 21.3 Å². The Morgan fingerprint density at radius 1 is 1.14 bits per heavy atom. The van der Waals surface area contributed by atoms with Crippen LogP contribution in [0.2, 0.25) is 0 Å². The number of carbonyl (C=O) groups excluding carboxylic acids is 1. The Hall–Kier alpha value is -3.32. The zero-order valence-electron chi connectivity index (χ0n) is 16.0. The van der Waals surface area contributed by atoms with Crippen LogP contribution in [0.1, 0.15) is 48.3 Å². The van der Waals surface area contributed by atoms with Gasteiger partial charge in [-0.05, 0) is 32.1 Å². The van der Waals surface area contributed by atoms with Gasteiger partial charge in [-0.3, -0.25) is 4.79 Å². The molecular weight excluding hydrogens is 370 g/mol. The van der Waals surface area contributed by atoms with Gasteiger partial charge in [0.15, 0.2) is 17.2 Å². The fourth-order valence-corrected chi connectivity index (χ4v) is 3.45. The van der Waals surface area contributed by atoms with E-state index in [0.29, 0.717) is 23.0 Å². The molecule has 2 fully saturated rings. The van der Waals surface area contributed by atoms with Gasteiger partial charge in [0.1, 0.15) is 11.9 Å². The van der Waals surface area contributed by atoms with Crippen LogP contribution in [-0.2, 0) is 0 Å². The van der Waals surface area contributed by atoms with Crippen molar-refractivity contribution in [3.8, 4) is 6.07 Å². The number of aromatic nitrogens is 4. The van der Waals surface area contributed by atoms with E-state index < -0.39 is 0 Å². The molecule has 4 N–H and O–H groups in total. The molecule has 1 saturated carbocycles. The van der Waals surface area contributed by atoms with Gasteiger partial charge in [-0.1, -0.05) is 0 Å². The molecular formula is C19H23N9O. The molecule has 1 aliphatic heterocycles. The summed E-state index contributed by atoms with van der Waals surface area (Å²) in [6.45, 7) is 1.50. The molecule has 2 aromatic rings. The lowest BCUT2D eigenvalue weighted by Crippen LogP contribution is -2.43. The molecule has 0 atom stereocenters. The topological polar surface area (TPSA) is 146 Å². The molecule has 2 aliphatic rings. The van der Waals surface area contributed by atoms with Gasteiger partial charge in [0, 0.05) is 31.2 Å². The van der Waals surface area contributed by atoms with Crippen molar-refractivity contribution in [1.29, 1.82) is 5.26 Å². The molecule has 3 heterocycles. The van der Waals surface area contributed by atoms with E-state index in [1.165, 1.54) is 12.4 Å². The minimum Gasteiger partial charge on any atom is -0.380 e. The highest BCUT2D eigenvalue weighted by atomic mass is 16.2. The highest BCUT2D eigenvalue weighted by molar-refractivity contribution is 5.98. The van der Waals surface area contributed by atoms with Gasteiger partial charge in [-0.2, -0.15) is 5.26 Å². The summed E-state index contributed by atoms with van der Waals surface area (Å²) >= 11 is 0. The number of rotatable bonds is 5. The van der Waals surface area contributed by atoms with Crippen LogP contribution >= 0.6 is 0 Å². The molecule has 2 aromatic heterocycles. The minimum atomic E-state index is -0.108. The average Bonchev–Trinajstić information content (AvgIpc) is 2.69. The largest absolute Gasteiger partial charge is 0.380 e. The van der Waals surface area contributed by atoms with Crippen LogP contribution in [0.4, 0.5) is 17.3 Å². The van der Waals surface area contributed by atoms with Gasteiger partial charge in [0.25, 0.3) is 5.91 Å². The van der Waals surface area contributed by atoms with Crippen molar-refractivity contribution in [1.82, 2.24) is 25.1 Å². The highest BCUT2D eigenvalue weighted by Crippen LogP contribution is 2.26. The second-order valence-corrected chi connectivity index (χ2v) is 7.42. The Labute approximate surface area is 168 Å². The summed E-state index contributed by atoms with van der Waals surface area (Å²) in [5.41, 5.74) is 7.23. The molecule has 29 heavy (non-hydrogen) atoms. The number of hydrogen-bond acceptors (Lipinski definition) is 9. The Balaban J connectivity index is 1.56. The first-order chi connectivity index (χ1) is 14.1. The number of carbonyl (C=O) groups is 1. The predicted octanol–water partition coefficient (Wildman–Crippen LogP) is 1.41. The normalized spacial score (nSPS) is 21.0. The van der Waals surface area contributed by atoms with Gasteiger partial charge in [-0.25, -0.2) is 9.97 Å². The van der Waals surface area contributed by atoms with Crippen molar-refractivity contribution >= 4 is 23.2 Å². The number of hydrogen-bond donors (Lipinski definition) is 3. The monoisotopic (exact) mass is 393 g/mol. The molecule has 1 aliphatic carbocycles. The molecule has 0 spiro atoms. The van der Waals surface area contributed by atoms with Crippen LogP contribution in [-0.4, -0.2) is 56.1 Å². The third-order valence-corrected chi connectivity index (χ3v) is 5.29. The maximum Gasteiger partial charge on any atom is 0.276 e. The summed E-state index contributed by atoms with van der Waals surface area (Å²) in [5, 5.41) is 23.7. The van der Waals surface area contributed by atoms with Crippen LogP contribution in [0.5, 0.6) is 0 Å². The number of nitrogens with one attached hydrogen (secondary N) is 2. The Kier molecular flexibility index (Phi) is 5.48. The van der Waals surface area contributed by atoms with Crippen LogP contribution < -0.4 is 16.4 Å². The predicted molar refractivity (Wildman–Crippen MR) is 106 cm³/mol. The zero-order valence-corrected chi connectivity index (χ0v) is 16.0. The highest BCUT2D eigenvalue weighted by Gasteiger charge is 2.27. The fraction of sp³-hybridized carbons (Fsp3) is 0.474. The lowest BCUT2D eigenvalue weighted by molar-refractivity contribution is 0.0645. The van der Waals surface area contributed by atoms with Crippen LogP contribution in [0.3, 0.4) is 0 Å². The maximum atomic E-state index is 12.8. The number of amides is 1. The third-order valence-electron chi connectivity index (χ3n) is 5.29. The molecule has 0 unspecified atom stereocenters. The summed E-state index contributed by atoms with van der Waals surface area (Å²) in [4.78, 5) is 22.7. The van der Waals surface area contributed by atoms with E-state index in [0.717, 1.165) is 45.2 Å². The SMILES string of the molecule is N#Cc1cnc(Nc2cc(NC3CCC(N)CC3)c(C(=O)N3CCC3)nn2)cn1. The number of anilines is 3. The van der Waals surface area contributed by atoms with E-state index in [1.54, 1.807) is 11.0 Å². The lowest BCUT2D eigenvalue weighted by Gasteiger charge is -2.32. The molecule has 150 valence electrons. The molecule has 1 amide bonds. The van der Waals surface area contributed by atoms with Crippen molar-refractivity contribution in [3.63, 3.8) is 0 Å². The number of likely N-dealkylation sites (tertiary alicyclic amines) is 1. The molecule has 4 rings (SSSR count). The van der Waals surface area contributed by atoms with Gasteiger partial charge >= 0.3 is 0 Å². The lowest BCUT2D eigenvalue weighted by atomic mass is 9.91. The fourth-order valence-electron chi connectivity index (χ4n) is 3.45. The summed E-state index contributed by atoms with van der Waals surface area (Å²) in [6.07, 6.45) is 7.65. The summed E-state index contributed by atoms with van der Waals surface area (Å²) in [6, 6.07) is 4.19. The van der Waals surface area contributed by atoms with E-state index in [-0.39, 0.29) is 23.7 Å². The first kappa shape index (κ1) is 19.0. The van der Waals surface area contributed by atoms with Crippen LogP contribution in [0, 0.1) is 11.3 Å². The van der Waals surface area contributed by atoms with E-state index >= 15 is 0 Å². The van der Waals surface area contributed by atoms with Crippen LogP contribution in [0.15, 0.2) is 18.5 Å². The standard InChI is InChI=1S/C19H23N9O/c20-9-14-10-23-17(11-22-14)25-16-8-15(24-13-4-2-12(21)3-5-13)18(27-26-16)19(29)28-6-1-7-28/h8,10-13H,1-7,21H2,(H2,23,24,25,26). The Morgan fingerprint density at radius 2 is 1.93 bits per heavy atom. The Morgan fingerprint density at radius 3 is 2.55 bits per heavy atom. The van der Waals surface area contributed by atoms with E-state index in [4.69, 9.17) is 11.0 Å². The second-order valence-electron chi connectivity index (χ2n) is 7.42. The average molecular weight is 393 g/mol. The molecule has 10 nitrogen and oxygen atoms in total. The van der Waals surface area contributed by atoms with Crippen molar-refractivity contribution in [3.05, 3.63) is 29.8 Å². The van der Waals surface area contributed by atoms with Crippen molar-refractivity contribution in [2.75, 3.05) is 23.7 Å². The van der Waals surface area contributed by atoms with E-state index in [1.807, 2.05) is 6.07 Å². The second kappa shape index (κ2) is 8.36. The van der Waals surface area contributed by atoms with Crippen molar-refractivity contribution in [2.45, 2.75) is 44.2 Å². The first-order valence-electron chi connectivity index (χ1n) is 9.80. The molecule has 0 radical (unpaired) electrons. The summed E-state index contributed by atoms with van der Waals surface area (Å²) in [7, 11) is 0. The molecule has 0 bridgehead atoms. The molecule has 1 saturated heterocycles. The van der Waals surface area contributed by atoms with E-state index in [9.17, 15) is 4.79 Å². The Bertz CT molecular complexity index is 912. The zero-order chi connectivity index (χ0) is 20.2. The van der Waals surface area contributed by atoms with Crippen LogP contribution in [0.25, 0.3) is 0 Å². The summed E-state index contributed by atoms with van der Waals surface area (Å²) < 4.78 is 0. The molecule has 0 aromatic carbocycles. The smallest absolute Gasteiger partial charge is 0.276 e. The minimum absolute atomic E-state index is 0.108. The first-order valence-corrected chi connectivity index (χ1v) is 9.80. The van der Waals surface area contributed by atoms with Crippen molar-refractivity contribution in [2.24, 2.45) is 5.73 Å². The molecule has 10 heteroatoms. The van der Waals surface area contributed by atoms with Gasteiger partial charge in [0.05, 0.1) is 18.1 Å². The van der Waals surface area contributed by atoms with Gasteiger partial charge in [-0.15, -0.1) is 10.2 Å². The quantitative estimate of drug-likeness (QED) is 0.686. The number of nitrogens with zero attached hydrogens (tertiary/aromatic N) is 6. The van der Waals surface area contributed by atoms with Gasteiger partial charge in [0.2, 0.25) is 0 Å². The summed E-state index contributed by atoms with van der Waals surface area (Å²) in [5.74, 6) is 0.775. The third kappa shape index (κ3) is 4.41.